The van der Waals surface area contributed by atoms with Crippen LogP contribution in [-0.4, -0.2) is 46.2 Å². The van der Waals surface area contributed by atoms with E-state index in [1.54, 1.807) is 20.8 Å². The maximum atomic E-state index is 13.0. The number of β-amino-alcohol motifs (C(OH)–C–C–N with tert-alkyl or cyclic N) is 1. The predicted octanol–water partition coefficient (Wildman–Crippen LogP) is 2.77. The normalized spacial score (nSPS) is 21.9. The molecular formula is C17H22FNO4. The lowest BCUT2D eigenvalue weighted by Gasteiger charge is -2.38. The fourth-order valence-electron chi connectivity index (χ4n) is 2.57. The van der Waals surface area contributed by atoms with Gasteiger partial charge in [-0.25, -0.2) is 9.18 Å². The number of hydrogen-bond acceptors (Lipinski definition) is 4. The molecule has 0 aromatic heterocycles. The molecule has 1 aromatic rings. The van der Waals surface area contributed by atoms with Gasteiger partial charge in [0.05, 0.1) is 6.54 Å². The van der Waals surface area contributed by atoms with Crippen LogP contribution in [0, 0.1) is 5.82 Å². The van der Waals surface area contributed by atoms with Crippen LogP contribution in [0.4, 0.5) is 9.18 Å². The first-order valence-electron chi connectivity index (χ1n) is 7.61. The van der Waals surface area contributed by atoms with E-state index in [1.807, 2.05) is 0 Å². The molecule has 0 saturated carbocycles. The van der Waals surface area contributed by atoms with Gasteiger partial charge in [-0.3, -0.25) is 4.79 Å². The van der Waals surface area contributed by atoms with Crippen molar-refractivity contribution in [3.63, 3.8) is 0 Å². The van der Waals surface area contributed by atoms with Crippen LogP contribution in [0.25, 0.3) is 0 Å². The molecule has 1 N–H and O–H groups in total. The van der Waals surface area contributed by atoms with Crippen LogP contribution < -0.4 is 0 Å². The summed E-state index contributed by atoms with van der Waals surface area (Å²) >= 11 is 0. The molecule has 0 radical (unpaired) electrons. The Morgan fingerprint density at radius 1 is 1.26 bits per heavy atom. The topological polar surface area (TPSA) is 66.8 Å². The molecule has 0 spiro atoms. The van der Waals surface area contributed by atoms with Crippen molar-refractivity contribution in [1.82, 2.24) is 4.90 Å². The van der Waals surface area contributed by atoms with Crippen molar-refractivity contribution in [3.05, 3.63) is 35.6 Å². The van der Waals surface area contributed by atoms with Crippen LogP contribution in [0.15, 0.2) is 24.3 Å². The summed E-state index contributed by atoms with van der Waals surface area (Å²) in [6.07, 6.45) is 0.188. The maximum Gasteiger partial charge on any atom is 0.410 e. The molecule has 1 aromatic carbocycles. The van der Waals surface area contributed by atoms with Crippen molar-refractivity contribution in [3.8, 4) is 0 Å². The number of ketones is 1. The number of hydrogen-bond donors (Lipinski definition) is 1. The number of nitrogens with zero attached hydrogens (tertiary/aromatic N) is 1. The molecule has 23 heavy (non-hydrogen) atoms. The lowest BCUT2D eigenvalue weighted by molar-refractivity contribution is -0.0284. The smallest absolute Gasteiger partial charge is 0.410 e. The molecule has 0 aliphatic carbocycles. The first kappa shape index (κ1) is 17.4. The second kappa shape index (κ2) is 6.28. The Balaban J connectivity index is 2.13. The number of piperidine rings is 1. The monoisotopic (exact) mass is 323 g/mol. The van der Waals surface area contributed by atoms with Crippen molar-refractivity contribution in [2.24, 2.45) is 0 Å². The first-order chi connectivity index (χ1) is 10.6. The average molecular weight is 323 g/mol. The van der Waals surface area contributed by atoms with Crippen LogP contribution in [-0.2, 0) is 4.74 Å². The van der Waals surface area contributed by atoms with Gasteiger partial charge in [-0.2, -0.15) is 0 Å². The van der Waals surface area contributed by atoms with Crippen molar-refractivity contribution >= 4 is 11.9 Å². The third-order valence-corrected chi connectivity index (χ3v) is 3.65. The summed E-state index contributed by atoms with van der Waals surface area (Å²) in [7, 11) is 0. The number of ether oxygens (including phenoxy) is 1. The molecule has 1 aliphatic heterocycles. The standard InChI is InChI=1S/C17H22FNO4/c1-16(2,3)23-15(21)19-10-4-9-17(22,11-19)14(20)12-5-7-13(18)8-6-12/h5-8,22H,4,9-11H2,1-3H3. The zero-order valence-corrected chi connectivity index (χ0v) is 13.6. The molecule has 1 atom stereocenters. The summed E-state index contributed by atoms with van der Waals surface area (Å²) in [6, 6.07) is 5.01. The molecule has 1 fully saturated rings. The number of rotatable bonds is 2. The van der Waals surface area contributed by atoms with Crippen molar-refractivity contribution in [2.45, 2.75) is 44.8 Å². The molecule has 1 saturated heterocycles. The zero-order chi connectivity index (χ0) is 17.3. The van der Waals surface area contributed by atoms with Gasteiger partial charge in [0.1, 0.15) is 17.0 Å². The van der Waals surface area contributed by atoms with E-state index in [0.29, 0.717) is 13.0 Å². The summed E-state index contributed by atoms with van der Waals surface area (Å²) in [4.78, 5) is 26.0. The number of likely N-dealkylation sites (tertiary alicyclic amines) is 1. The average Bonchev–Trinajstić information content (AvgIpc) is 2.45. The quantitative estimate of drug-likeness (QED) is 0.850. The highest BCUT2D eigenvalue weighted by Crippen LogP contribution is 2.26. The van der Waals surface area contributed by atoms with E-state index in [9.17, 15) is 19.1 Å². The highest BCUT2D eigenvalue weighted by atomic mass is 19.1. The van der Waals surface area contributed by atoms with E-state index in [4.69, 9.17) is 4.74 Å². The number of Topliss-reactive ketones (excluding diaryl/α,β-unsaturated/α-hetero) is 1. The van der Waals surface area contributed by atoms with Crippen LogP contribution >= 0.6 is 0 Å². The van der Waals surface area contributed by atoms with E-state index in [-0.39, 0.29) is 18.5 Å². The molecule has 1 heterocycles. The molecule has 0 bridgehead atoms. The molecule has 1 aliphatic rings. The highest BCUT2D eigenvalue weighted by molar-refractivity contribution is 6.02. The van der Waals surface area contributed by atoms with Gasteiger partial charge in [0.25, 0.3) is 0 Å². The molecule has 2 rings (SSSR count). The first-order valence-corrected chi connectivity index (χ1v) is 7.61. The fraction of sp³-hybridized carbons (Fsp3) is 0.529. The molecule has 6 heteroatoms. The summed E-state index contributed by atoms with van der Waals surface area (Å²) in [5.74, 6) is -0.960. The lowest BCUT2D eigenvalue weighted by atomic mass is 9.85. The number of carbonyl (C=O) groups is 2. The van der Waals surface area contributed by atoms with Crippen LogP contribution in [0.1, 0.15) is 44.0 Å². The number of carbonyl (C=O) groups excluding carboxylic acids is 2. The molecule has 5 nitrogen and oxygen atoms in total. The van der Waals surface area contributed by atoms with E-state index < -0.39 is 28.9 Å². The van der Waals surface area contributed by atoms with Gasteiger partial charge in [0.15, 0.2) is 5.78 Å². The Labute approximate surface area is 135 Å². The Morgan fingerprint density at radius 3 is 2.43 bits per heavy atom. The van der Waals surface area contributed by atoms with Crippen molar-refractivity contribution < 1.29 is 23.8 Å². The van der Waals surface area contributed by atoms with Crippen molar-refractivity contribution in [1.29, 1.82) is 0 Å². The Hall–Kier alpha value is -1.95. The maximum absolute atomic E-state index is 13.0. The number of benzene rings is 1. The van der Waals surface area contributed by atoms with Gasteiger partial charge in [0.2, 0.25) is 0 Å². The van der Waals surface area contributed by atoms with E-state index in [2.05, 4.69) is 0 Å². The van der Waals surface area contributed by atoms with Gasteiger partial charge < -0.3 is 14.7 Å². The third-order valence-electron chi connectivity index (χ3n) is 3.65. The third kappa shape index (κ3) is 4.28. The van der Waals surface area contributed by atoms with Gasteiger partial charge in [-0.1, -0.05) is 0 Å². The van der Waals surface area contributed by atoms with Gasteiger partial charge in [-0.05, 0) is 57.9 Å². The second-order valence-corrected chi connectivity index (χ2v) is 6.87. The molecule has 126 valence electrons. The minimum absolute atomic E-state index is 0.127. The molecule has 1 unspecified atom stereocenters. The summed E-state index contributed by atoms with van der Waals surface area (Å²) < 4.78 is 18.3. The summed E-state index contributed by atoms with van der Waals surface area (Å²) in [6.45, 7) is 5.56. The highest BCUT2D eigenvalue weighted by Gasteiger charge is 2.42. The Bertz CT molecular complexity index is 594. The summed E-state index contributed by atoms with van der Waals surface area (Å²) in [5, 5.41) is 10.7. The molecule has 1 amide bonds. The van der Waals surface area contributed by atoms with Gasteiger partial charge in [0, 0.05) is 12.1 Å². The SMILES string of the molecule is CC(C)(C)OC(=O)N1CCCC(O)(C(=O)c2ccc(F)cc2)C1. The zero-order valence-electron chi connectivity index (χ0n) is 13.6. The molecular weight excluding hydrogens is 301 g/mol. The minimum Gasteiger partial charge on any atom is -0.444 e. The van der Waals surface area contributed by atoms with Crippen LogP contribution in [0.2, 0.25) is 0 Å². The minimum atomic E-state index is -1.67. The fourth-order valence-corrected chi connectivity index (χ4v) is 2.57. The Kier molecular flexibility index (Phi) is 4.75. The predicted molar refractivity (Wildman–Crippen MR) is 82.7 cm³/mol. The van der Waals surface area contributed by atoms with Crippen LogP contribution in [0.3, 0.4) is 0 Å². The van der Waals surface area contributed by atoms with Gasteiger partial charge in [-0.15, -0.1) is 0 Å². The largest absolute Gasteiger partial charge is 0.444 e. The number of amides is 1. The van der Waals surface area contributed by atoms with Crippen molar-refractivity contribution in [2.75, 3.05) is 13.1 Å². The van der Waals surface area contributed by atoms with E-state index >= 15 is 0 Å². The van der Waals surface area contributed by atoms with Crippen LogP contribution in [0.5, 0.6) is 0 Å². The van der Waals surface area contributed by atoms with E-state index in [1.165, 1.54) is 29.2 Å². The van der Waals surface area contributed by atoms with E-state index in [0.717, 1.165) is 0 Å². The second-order valence-electron chi connectivity index (χ2n) is 6.87. The number of aliphatic hydroxyl groups is 1. The number of halogens is 1. The Morgan fingerprint density at radius 2 is 1.87 bits per heavy atom. The van der Waals surface area contributed by atoms with Gasteiger partial charge >= 0.3 is 6.09 Å². The lowest BCUT2D eigenvalue weighted by Crippen LogP contribution is -2.55. The summed E-state index contributed by atoms with van der Waals surface area (Å²) in [5.41, 5.74) is -2.10.